The number of aryl methyl sites for hydroxylation is 1. The molecule has 1 saturated heterocycles. The number of nitrogens with one attached hydrogen (secondary N) is 1. The van der Waals surface area contributed by atoms with Crippen LogP contribution in [0.1, 0.15) is 65.7 Å². The molecule has 144 valence electrons. The molecule has 0 spiro atoms. The number of hydrogen-bond acceptors (Lipinski definition) is 5. The molecule has 0 unspecified atom stereocenters. The van der Waals surface area contributed by atoms with E-state index in [9.17, 15) is 14.4 Å². The molecule has 1 aromatic heterocycles. The molecule has 1 N–H and O–H groups in total. The van der Waals surface area contributed by atoms with Crippen LogP contribution in [0.5, 0.6) is 0 Å². The number of aromatic amines is 1. The summed E-state index contributed by atoms with van der Waals surface area (Å²) in [7, 11) is 0. The molecule has 1 aliphatic heterocycles. The van der Waals surface area contributed by atoms with E-state index in [1.165, 1.54) is 0 Å². The van der Waals surface area contributed by atoms with Gasteiger partial charge in [-0.1, -0.05) is 6.92 Å². The summed E-state index contributed by atoms with van der Waals surface area (Å²) in [5.41, 5.74) is 1.52. The van der Waals surface area contributed by atoms with Crippen LogP contribution >= 0.6 is 0 Å². The average Bonchev–Trinajstić information content (AvgIpc) is 2.87. The van der Waals surface area contributed by atoms with Gasteiger partial charge in [0.05, 0.1) is 11.7 Å². The van der Waals surface area contributed by atoms with Crippen molar-refractivity contribution < 1.29 is 23.9 Å². The summed E-state index contributed by atoms with van der Waals surface area (Å²) in [5, 5.41) is 0. The Balaban J connectivity index is 1.99. The molecule has 7 nitrogen and oxygen atoms in total. The number of carbonyl (C=O) groups is 3. The minimum Gasteiger partial charge on any atom is -0.459 e. The van der Waals surface area contributed by atoms with Crippen molar-refractivity contribution in [3.05, 3.63) is 22.5 Å². The van der Waals surface area contributed by atoms with Gasteiger partial charge in [0.2, 0.25) is 0 Å². The largest absolute Gasteiger partial charge is 0.459 e. The molecular weight excluding hydrogens is 336 g/mol. The van der Waals surface area contributed by atoms with Crippen LogP contribution in [0.4, 0.5) is 0 Å². The number of ether oxygens (including phenoxy) is 2. The molecule has 0 aliphatic carbocycles. The Kier molecular flexibility index (Phi) is 6.45. The number of esters is 2. The molecule has 26 heavy (non-hydrogen) atoms. The van der Waals surface area contributed by atoms with Crippen molar-refractivity contribution in [1.82, 2.24) is 9.88 Å². The van der Waals surface area contributed by atoms with Crippen LogP contribution in [0.15, 0.2) is 0 Å². The molecule has 0 atom stereocenters. The van der Waals surface area contributed by atoms with Crippen LogP contribution in [-0.2, 0) is 14.3 Å². The van der Waals surface area contributed by atoms with Gasteiger partial charge in [-0.25, -0.2) is 9.59 Å². The Morgan fingerprint density at radius 2 is 1.77 bits per heavy atom. The highest BCUT2D eigenvalue weighted by Gasteiger charge is 2.26. The predicted molar refractivity (Wildman–Crippen MR) is 96.1 cm³/mol. The molecule has 0 saturated carbocycles. The molecule has 1 aliphatic rings. The van der Waals surface area contributed by atoms with Gasteiger partial charge < -0.3 is 19.4 Å². The van der Waals surface area contributed by atoms with E-state index in [0.717, 1.165) is 12.8 Å². The molecule has 0 bridgehead atoms. The summed E-state index contributed by atoms with van der Waals surface area (Å²) in [5.74, 6) is -0.697. The third-order valence-electron chi connectivity index (χ3n) is 4.65. The van der Waals surface area contributed by atoms with Gasteiger partial charge >= 0.3 is 11.9 Å². The zero-order chi connectivity index (χ0) is 19.4. The van der Waals surface area contributed by atoms with E-state index in [2.05, 4.69) is 11.9 Å². The number of carbonyl (C=O) groups excluding carboxylic acids is 3. The van der Waals surface area contributed by atoms with E-state index in [1.54, 1.807) is 32.6 Å². The first-order chi connectivity index (χ1) is 12.2. The second kappa shape index (κ2) is 8.38. The number of H-pyrrole nitrogens is 1. The summed E-state index contributed by atoms with van der Waals surface area (Å²) >= 11 is 0. The number of aromatic nitrogens is 1. The minimum atomic E-state index is -0.645. The highest BCUT2D eigenvalue weighted by molar-refractivity contribution is 5.99. The van der Waals surface area contributed by atoms with Gasteiger partial charge in [-0.15, -0.1) is 0 Å². The lowest BCUT2D eigenvalue weighted by Crippen LogP contribution is -2.40. The fourth-order valence-electron chi connectivity index (χ4n) is 3.08. The molecule has 1 fully saturated rings. The van der Waals surface area contributed by atoms with E-state index in [0.29, 0.717) is 35.8 Å². The van der Waals surface area contributed by atoms with Crippen LogP contribution < -0.4 is 0 Å². The van der Waals surface area contributed by atoms with E-state index in [-0.39, 0.29) is 24.3 Å². The maximum atomic E-state index is 12.3. The first-order valence-electron chi connectivity index (χ1n) is 9.05. The molecule has 2 rings (SSSR count). The molecule has 7 heteroatoms. The normalized spacial score (nSPS) is 15.2. The SMILES string of the molecule is Cc1[nH]c(C(=O)OCC(=O)N2CCC(C)CC2)c(C)c1C(=O)OC(C)C. The van der Waals surface area contributed by atoms with Crippen LogP contribution in [0.3, 0.4) is 0 Å². The standard InChI is InChI=1S/C19H28N2O5/c1-11(2)26-18(23)16-13(4)17(20-14(16)5)19(24)25-10-15(22)21-8-6-12(3)7-9-21/h11-12,20H,6-10H2,1-5H3. The van der Waals surface area contributed by atoms with Gasteiger partial charge in [-0.3, -0.25) is 4.79 Å². The van der Waals surface area contributed by atoms with E-state index >= 15 is 0 Å². The fourth-order valence-corrected chi connectivity index (χ4v) is 3.08. The first kappa shape index (κ1) is 20.0. The zero-order valence-corrected chi connectivity index (χ0v) is 16.2. The Morgan fingerprint density at radius 3 is 2.35 bits per heavy atom. The van der Waals surface area contributed by atoms with Crippen molar-refractivity contribution in [3.8, 4) is 0 Å². The Hall–Kier alpha value is -2.31. The average molecular weight is 364 g/mol. The van der Waals surface area contributed by atoms with E-state index in [1.807, 2.05) is 0 Å². The lowest BCUT2D eigenvalue weighted by atomic mass is 9.99. The number of hydrogen-bond donors (Lipinski definition) is 1. The highest BCUT2D eigenvalue weighted by atomic mass is 16.5. The summed E-state index contributed by atoms with van der Waals surface area (Å²) < 4.78 is 10.4. The zero-order valence-electron chi connectivity index (χ0n) is 16.2. The second-order valence-corrected chi connectivity index (χ2v) is 7.22. The number of nitrogens with zero attached hydrogens (tertiary/aromatic N) is 1. The van der Waals surface area contributed by atoms with Crippen molar-refractivity contribution >= 4 is 17.8 Å². The Bertz CT molecular complexity index is 684. The maximum absolute atomic E-state index is 12.3. The lowest BCUT2D eigenvalue weighted by Gasteiger charge is -2.30. The van der Waals surface area contributed by atoms with Crippen LogP contribution in [0.25, 0.3) is 0 Å². The maximum Gasteiger partial charge on any atom is 0.355 e. The van der Waals surface area contributed by atoms with E-state index in [4.69, 9.17) is 9.47 Å². The van der Waals surface area contributed by atoms with Gasteiger partial charge in [-0.05, 0) is 52.0 Å². The summed E-state index contributed by atoms with van der Waals surface area (Å²) in [6.45, 7) is 10.1. The Labute approximate surface area is 154 Å². The topological polar surface area (TPSA) is 88.7 Å². The molecular formula is C19H28N2O5. The molecule has 1 aromatic rings. The summed E-state index contributed by atoms with van der Waals surface area (Å²) in [6, 6.07) is 0. The fraction of sp³-hybridized carbons (Fsp3) is 0.632. The Morgan fingerprint density at radius 1 is 1.15 bits per heavy atom. The van der Waals surface area contributed by atoms with Crippen molar-refractivity contribution in [3.63, 3.8) is 0 Å². The van der Waals surface area contributed by atoms with Crippen LogP contribution in [0, 0.1) is 19.8 Å². The first-order valence-corrected chi connectivity index (χ1v) is 9.05. The minimum absolute atomic E-state index is 0.179. The number of likely N-dealkylation sites (tertiary alicyclic amines) is 1. The van der Waals surface area contributed by atoms with Crippen LogP contribution in [-0.4, -0.2) is 53.5 Å². The third kappa shape index (κ3) is 4.65. The second-order valence-electron chi connectivity index (χ2n) is 7.22. The van der Waals surface area contributed by atoms with Crippen molar-refractivity contribution in [2.75, 3.05) is 19.7 Å². The van der Waals surface area contributed by atoms with Gasteiger partial charge in [0, 0.05) is 18.8 Å². The monoisotopic (exact) mass is 364 g/mol. The van der Waals surface area contributed by atoms with Gasteiger partial charge in [0.25, 0.3) is 5.91 Å². The molecule has 0 radical (unpaired) electrons. The van der Waals surface area contributed by atoms with Crippen LogP contribution in [0.2, 0.25) is 0 Å². The predicted octanol–water partition coefficient (Wildman–Crippen LogP) is 2.61. The summed E-state index contributed by atoms with van der Waals surface area (Å²) in [4.78, 5) is 41.3. The molecule has 2 heterocycles. The highest BCUT2D eigenvalue weighted by Crippen LogP contribution is 2.21. The quantitative estimate of drug-likeness (QED) is 0.811. The van der Waals surface area contributed by atoms with Gasteiger partial charge in [0.15, 0.2) is 6.61 Å². The van der Waals surface area contributed by atoms with Gasteiger partial charge in [-0.2, -0.15) is 0 Å². The number of piperidine rings is 1. The summed E-state index contributed by atoms with van der Waals surface area (Å²) in [6.07, 6.45) is 1.68. The van der Waals surface area contributed by atoms with Crippen molar-refractivity contribution in [1.29, 1.82) is 0 Å². The third-order valence-corrected chi connectivity index (χ3v) is 4.65. The smallest absolute Gasteiger partial charge is 0.355 e. The lowest BCUT2D eigenvalue weighted by molar-refractivity contribution is -0.135. The molecule has 0 aromatic carbocycles. The number of rotatable bonds is 5. The molecule has 1 amide bonds. The van der Waals surface area contributed by atoms with E-state index < -0.39 is 11.9 Å². The van der Waals surface area contributed by atoms with Crippen molar-refractivity contribution in [2.24, 2.45) is 5.92 Å². The van der Waals surface area contributed by atoms with Crippen molar-refractivity contribution in [2.45, 2.75) is 53.6 Å². The number of amides is 1. The van der Waals surface area contributed by atoms with Gasteiger partial charge in [0.1, 0.15) is 5.69 Å².